The fraction of sp³-hybridized carbons (Fsp3) is 0.448. The lowest BCUT2D eigenvalue weighted by Gasteiger charge is -2.33. The van der Waals surface area contributed by atoms with E-state index in [0.717, 1.165) is 22.4 Å². The average Bonchev–Trinajstić information content (AvgIpc) is 3.53. The summed E-state index contributed by atoms with van der Waals surface area (Å²) in [6.45, 7) is 20.3. The Balaban J connectivity index is 1.24. The van der Waals surface area contributed by atoms with Crippen LogP contribution in [0.4, 0.5) is 0 Å². The lowest BCUT2D eigenvalue weighted by atomic mass is 9.70. The van der Waals surface area contributed by atoms with E-state index in [-0.39, 0.29) is 16.2 Å². The van der Waals surface area contributed by atoms with E-state index in [1.807, 2.05) is 6.20 Å². The van der Waals surface area contributed by atoms with Crippen molar-refractivity contribution in [1.82, 2.24) is 19.9 Å². The Morgan fingerprint density at radius 2 is 0.855 bits per heavy atom. The molecule has 0 bridgehead atoms. The Labute approximate surface area is 374 Å². The molecule has 1 aliphatic carbocycles. The number of nitrogens with zero attached hydrogens (tertiary/aromatic N) is 4. The van der Waals surface area contributed by atoms with E-state index >= 15 is 0 Å². The van der Waals surface area contributed by atoms with E-state index in [4.69, 9.17) is 19.9 Å². The summed E-state index contributed by atoms with van der Waals surface area (Å²) in [4.78, 5) is 20.4. The van der Waals surface area contributed by atoms with Crippen LogP contribution in [-0.2, 0) is 16.2 Å². The molecule has 6 aromatic rings. The molecule has 2 heterocycles. The predicted octanol–water partition coefficient (Wildman–Crippen LogP) is 16.6. The average molecular weight is 825 g/mol. The first kappa shape index (κ1) is 45.1. The van der Waals surface area contributed by atoms with Crippen LogP contribution in [0, 0.1) is 6.92 Å². The van der Waals surface area contributed by atoms with Gasteiger partial charge in [-0.15, -0.1) is 0 Å². The minimum Gasteiger partial charge on any atom is -0.255 e. The summed E-state index contributed by atoms with van der Waals surface area (Å²) in [6.07, 6.45) is 20.1. The van der Waals surface area contributed by atoms with Crippen LogP contribution >= 0.6 is 0 Å². The molecule has 4 aromatic carbocycles. The van der Waals surface area contributed by atoms with Gasteiger partial charge in [-0.05, 0) is 82.2 Å². The van der Waals surface area contributed by atoms with Crippen molar-refractivity contribution >= 4 is 0 Å². The molecule has 0 saturated carbocycles. The van der Waals surface area contributed by atoms with Gasteiger partial charge in [-0.25, -0.2) is 15.0 Å². The van der Waals surface area contributed by atoms with Gasteiger partial charge in [0.15, 0.2) is 17.5 Å². The minimum absolute atomic E-state index is 0.0238. The molecule has 1 aliphatic rings. The van der Waals surface area contributed by atoms with E-state index < -0.39 is 0 Å². The summed E-state index contributed by atoms with van der Waals surface area (Å²) in [5.41, 5.74) is 14.9. The zero-order chi connectivity index (χ0) is 43.9. The second-order valence-corrected chi connectivity index (χ2v) is 20.3. The third-order valence-corrected chi connectivity index (χ3v) is 13.4. The highest BCUT2D eigenvalue weighted by atomic mass is 15.0. The number of fused-ring (bicyclic) bond motifs is 3. The number of unbranched alkanes of at least 4 members (excludes halogenated alkanes) is 10. The van der Waals surface area contributed by atoms with E-state index in [1.165, 1.54) is 129 Å². The SMILES string of the molecule is CCCCCCCCC1(CCCCCCCC)c2cc(C)ccc2-c2ccc(-c3ccc(-c4nc(-c5ccc(C(C)(C)C)cc5)nc(-c5ccc(C(C)(C)C)cc5)n4)cn3)cc21. The van der Waals surface area contributed by atoms with Crippen LogP contribution < -0.4 is 0 Å². The fourth-order valence-electron chi connectivity index (χ4n) is 9.54. The van der Waals surface area contributed by atoms with Gasteiger partial charge < -0.3 is 0 Å². The lowest BCUT2D eigenvalue weighted by molar-refractivity contribution is 0.398. The second-order valence-electron chi connectivity index (χ2n) is 20.3. The standard InChI is InChI=1S/C58H72N4/c1-10-12-14-16-18-20-36-58(37-21-19-17-15-13-11-2)50-38-41(3)22-33-48(50)49-34-27-44(39-51(49)58)52-35-28-45(40-59-52)55-61-53(42-23-29-46(30-24-42)56(4,5)6)60-54(62-55)43-25-31-47(32-26-43)57(7,8)9/h22-35,38-40H,10-21,36-37H2,1-9H3. The smallest absolute Gasteiger partial charge is 0.165 e. The van der Waals surface area contributed by atoms with Gasteiger partial charge in [-0.1, -0.05) is 217 Å². The highest BCUT2D eigenvalue weighted by Gasteiger charge is 2.42. The molecule has 0 saturated heterocycles. The number of aromatic nitrogens is 4. The Kier molecular flexibility index (Phi) is 14.3. The molecule has 324 valence electrons. The summed E-state index contributed by atoms with van der Waals surface area (Å²) >= 11 is 0. The third-order valence-electron chi connectivity index (χ3n) is 13.4. The number of hydrogen-bond acceptors (Lipinski definition) is 4. The first-order chi connectivity index (χ1) is 29.8. The maximum absolute atomic E-state index is 5.15. The van der Waals surface area contributed by atoms with Crippen molar-refractivity contribution in [2.24, 2.45) is 0 Å². The van der Waals surface area contributed by atoms with E-state index in [2.05, 4.69) is 159 Å². The van der Waals surface area contributed by atoms with Crippen molar-refractivity contribution in [1.29, 1.82) is 0 Å². The Hall–Kier alpha value is -4.96. The molecule has 0 amide bonds. The summed E-state index contributed by atoms with van der Waals surface area (Å²) < 4.78 is 0. The lowest BCUT2D eigenvalue weighted by Crippen LogP contribution is -2.25. The van der Waals surface area contributed by atoms with Crippen molar-refractivity contribution in [3.05, 3.63) is 131 Å². The normalized spacial score (nSPS) is 13.3. The highest BCUT2D eigenvalue weighted by molar-refractivity contribution is 5.84. The summed E-state index contributed by atoms with van der Waals surface area (Å²) in [7, 11) is 0. The quantitative estimate of drug-likeness (QED) is 0.0810. The van der Waals surface area contributed by atoms with Gasteiger partial charge in [0.05, 0.1) is 5.69 Å². The predicted molar refractivity (Wildman–Crippen MR) is 264 cm³/mol. The Morgan fingerprint density at radius 1 is 0.435 bits per heavy atom. The molecule has 0 aliphatic heterocycles. The number of hydrogen-bond donors (Lipinski definition) is 0. The molecule has 0 fully saturated rings. The Morgan fingerprint density at radius 3 is 1.32 bits per heavy atom. The monoisotopic (exact) mass is 825 g/mol. The first-order valence-corrected chi connectivity index (χ1v) is 24.0. The zero-order valence-electron chi connectivity index (χ0n) is 39.5. The van der Waals surface area contributed by atoms with Crippen LogP contribution in [0.1, 0.15) is 173 Å². The largest absolute Gasteiger partial charge is 0.255 e. The van der Waals surface area contributed by atoms with Gasteiger partial charge in [0, 0.05) is 33.9 Å². The van der Waals surface area contributed by atoms with Crippen molar-refractivity contribution in [3.8, 4) is 56.5 Å². The number of rotatable bonds is 18. The molecule has 4 heteroatoms. The molecule has 7 rings (SSSR count). The van der Waals surface area contributed by atoms with Crippen LogP contribution in [-0.4, -0.2) is 19.9 Å². The highest BCUT2D eigenvalue weighted by Crippen LogP contribution is 2.55. The maximum atomic E-state index is 5.15. The molecular weight excluding hydrogens is 753 g/mol. The fourth-order valence-corrected chi connectivity index (χ4v) is 9.54. The van der Waals surface area contributed by atoms with Gasteiger partial charge >= 0.3 is 0 Å². The summed E-state index contributed by atoms with van der Waals surface area (Å²) in [5, 5.41) is 0. The van der Waals surface area contributed by atoms with E-state index in [0.29, 0.717) is 17.5 Å². The number of benzene rings is 4. The molecule has 0 radical (unpaired) electrons. The van der Waals surface area contributed by atoms with Crippen LogP contribution in [0.3, 0.4) is 0 Å². The second kappa shape index (κ2) is 19.6. The minimum atomic E-state index is 0.0238. The summed E-state index contributed by atoms with van der Waals surface area (Å²) in [5.74, 6) is 1.95. The molecule has 0 atom stereocenters. The van der Waals surface area contributed by atoms with Gasteiger partial charge in [0.2, 0.25) is 0 Å². The number of aryl methyl sites for hydroxylation is 1. The van der Waals surface area contributed by atoms with Gasteiger partial charge in [-0.3, -0.25) is 4.98 Å². The molecule has 0 spiro atoms. The maximum Gasteiger partial charge on any atom is 0.165 e. The molecule has 4 nitrogen and oxygen atoms in total. The molecule has 0 N–H and O–H groups in total. The van der Waals surface area contributed by atoms with Crippen LogP contribution in [0.2, 0.25) is 0 Å². The van der Waals surface area contributed by atoms with Crippen molar-refractivity contribution < 1.29 is 0 Å². The van der Waals surface area contributed by atoms with Gasteiger partial charge in [0.1, 0.15) is 0 Å². The van der Waals surface area contributed by atoms with Crippen molar-refractivity contribution in [2.45, 2.75) is 168 Å². The van der Waals surface area contributed by atoms with Crippen LogP contribution in [0.15, 0.2) is 103 Å². The Bertz CT molecular complexity index is 2300. The number of pyridine rings is 1. The molecule has 0 unspecified atom stereocenters. The topological polar surface area (TPSA) is 51.6 Å². The van der Waals surface area contributed by atoms with Crippen LogP contribution in [0.25, 0.3) is 56.5 Å². The summed E-state index contributed by atoms with van der Waals surface area (Å²) in [6, 6.07) is 36.0. The van der Waals surface area contributed by atoms with Gasteiger partial charge in [0.25, 0.3) is 0 Å². The first-order valence-electron chi connectivity index (χ1n) is 24.0. The molecule has 2 aromatic heterocycles. The zero-order valence-corrected chi connectivity index (χ0v) is 39.5. The van der Waals surface area contributed by atoms with E-state index in [9.17, 15) is 0 Å². The van der Waals surface area contributed by atoms with Crippen LogP contribution in [0.5, 0.6) is 0 Å². The van der Waals surface area contributed by atoms with Crippen molar-refractivity contribution in [3.63, 3.8) is 0 Å². The van der Waals surface area contributed by atoms with E-state index in [1.54, 1.807) is 5.56 Å². The third kappa shape index (κ3) is 10.3. The van der Waals surface area contributed by atoms with Gasteiger partial charge in [-0.2, -0.15) is 0 Å². The molecule has 62 heavy (non-hydrogen) atoms. The van der Waals surface area contributed by atoms with Crippen molar-refractivity contribution in [2.75, 3.05) is 0 Å². The molecular formula is C58H72N4.